The van der Waals surface area contributed by atoms with Gasteiger partial charge in [-0.05, 0) is 32.6 Å². The second-order valence-corrected chi connectivity index (χ2v) is 6.46. The molecule has 5 heteroatoms. The summed E-state index contributed by atoms with van der Waals surface area (Å²) in [7, 11) is -3.10. The van der Waals surface area contributed by atoms with Crippen LogP contribution in [0.25, 0.3) is 0 Å². The second kappa shape index (κ2) is 6.75. The average Bonchev–Trinajstić information content (AvgIpc) is 2.30. The zero-order valence-electron chi connectivity index (χ0n) is 10.4. The standard InChI is InChI=1S/C11H24NO3P/c1-3-14-16(13,15-4-2)11(12)10-8-6-5-7-9-10/h10-11H,3-9,12H2,1-2H3/t11-/m1/s1. The molecule has 1 atom stereocenters. The summed E-state index contributed by atoms with van der Waals surface area (Å²) in [6, 6.07) is 0. The monoisotopic (exact) mass is 249 g/mol. The predicted molar refractivity (Wildman–Crippen MR) is 65.4 cm³/mol. The molecule has 0 aromatic heterocycles. The van der Waals surface area contributed by atoms with Crippen LogP contribution in [0.1, 0.15) is 46.0 Å². The highest BCUT2D eigenvalue weighted by molar-refractivity contribution is 7.54. The maximum atomic E-state index is 12.4. The van der Waals surface area contributed by atoms with E-state index in [1.54, 1.807) is 0 Å². The van der Waals surface area contributed by atoms with E-state index < -0.39 is 13.4 Å². The number of hydrogen-bond acceptors (Lipinski definition) is 4. The van der Waals surface area contributed by atoms with E-state index in [1.807, 2.05) is 13.8 Å². The molecule has 0 bridgehead atoms. The summed E-state index contributed by atoms with van der Waals surface area (Å²) in [6.45, 7) is 4.41. The van der Waals surface area contributed by atoms with Crippen molar-refractivity contribution in [3.05, 3.63) is 0 Å². The lowest BCUT2D eigenvalue weighted by Gasteiger charge is -2.31. The van der Waals surface area contributed by atoms with Crippen molar-refractivity contribution in [2.45, 2.75) is 51.7 Å². The van der Waals surface area contributed by atoms with Gasteiger partial charge in [0.05, 0.1) is 13.2 Å². The molecule has 0 aromatic carbocycles. The Balaban J connectivity index is 2.64. The molecule has 16 heavy (non-hydrogen) atoms. The Morgan fingerprint density at radius 1 is 1.19 bits per heavy atom. The molecule has 1 rings (SSSR count). The van der Waals surface area contributed by atoms with Gasteiger partial charge < -0.3 is 14.8 Å². The lowest BCUT2D eigenvalue weighted by molar-refractivity contribution is 0.196. The van der Waals surface area contributed by atoms with Gasteiger partial charge in [0.25, 0.3) is 0 Å². The van der Waals surface area contributed by atoms with Crippen LogP contribution in [0.15, 0.2) is 0 Å². The van der Waals surface area contributed by atoms with E-state index in [1.165, 1.54) is 19.3 Å². The molecule has 0 aliphatic heterocycles. The van der Waals surface area contributed by atoms with Crippen LogP contribution < -0.4 is 5.73 Å². The van der Waals surface area contributed by atoms with Crippen LogP contribution in [0.3, 0.4) is 0 Å². The van der Waals surface area contributed by atoms with Crippen LogP contribution in [0.4, 0.5) is 0 Å². The minimum absolute atomic E-state index is 0.290. The van der Waals surface area contributed by atoms with Crippen molar-refractivity contribution in [1.82, 2.24) is 0 Å². The Kier molecular flexibility index (Phi) is 5.98. The molecule has 1 saturated carbocycles. The normalized spacial score (nSPS) is 20.9. The number of rotatable bonds is 6. The van der Waals surface area contributed by atoms with Gasteiger partial charge in [-0.25, -0.2) is 0 Å². The van der Waals surface area contributed by atoms with E-state index in [9.17, 15) is 4.57 Å². The Morgan fingerprint density at radius 2 is 1.69 bits per heavy atom. The van der Waals surface area contributed by atoms with Crippen LogP contribution in [0, 0.1) is 5.92 Å². The maximum absolute atomic E-state index is 12.4. The molecule has 0 radical (unpaired) electrons. The third-order valence-corrected chi connectivity index (χ3v) is 5.50. The molecule has 0 aromatic rings. The van der Waals surface area contributed by atoms with Gasteiger partial charge >= 0.3 is 7.60 Å². The van der Waals surface area contributed by atoms with Crippen molar-refractivity contribution in [2.75, 3.05) is 13.2 Å². The fraction of sp³-hybridized carbons (Fsp3) is 1.00. The summed E-state index contributed by atoms with van der Waals surface area (Å²) in [5.74, 6) is -0.162. The molecule has 0 amide bonds. The van der Waals surface area contributed by atoms with Crippen molar-refractivity contribution in [2.24, 2.45) is 11.7 Å². The molecule has 4 nitrogen and oxygen atoms in total. The lowest BCUT2D eigenvalue weighted by atomic mass is 9.89. The summed E-state index contributed by atoms with van der Waals surface area (Å²) in [6.07, 6.45) is 5.71. The zero-order valence-corrected chi connectivity index (χ0v) is 11.2. The first-order chi connectivity index (χ1) is 7.64. The molecular weight excluding hydrogens is 225 g/mol. The molecule has 0 saturated heterocycles. The number of hydrogen-bond donors (Lipinski definition) is 1. The Hall–Kier alpha value is 0.110. The van der Waals surface area contributed by atoms with Crippen molar-refractivity contribution in [3.63, 3.8) is 0 Å². The van der Waals surface area contributed by atoms with E-state index in [2.05, 4.69) is 0 Å². The van der Waals surface area contributed by atoms with E-state index in [0.717, 1.165) is 12.8 Å². The van der Waals surface area contributed by atoms with Gasteiger partial charge in [0.1, 0.15) is 5.78 Å². The first kappa shape index (κ1) is 14.2. The minimum atomic E-state index is -3.10. The molecule has 0 spiro atoms. The Morgan fingerprint density at radius 3 is 2.12 bits per heavy atom. The van der Waals surface area contributed by atoms with Gasteiger partial charge in [-0.1, -0.05) is 19.3 Å². The third kappa shape index (κ3) is 3.56. The molecule has 0 unspecified atom stereocenters. The third-order valence-electron chi connectivity index (χ3n) is 3.12. The molecule has 1 aliphatic carbocycles. The van der Waals surface area contributed by atoms with Crippen LogP contribution in [-0.4, -0.2) is 19.0 Å². The summed E-state index contributed by atoms with van der Waals surface area (Å²) >= 11 is 0. The van der Waals surface area contributed by atoms with Gasteiger partial charge in [-0.3, -0.25) is 4.57 Å². The summed E-state index contributed by atoms with van der Waals surface area (Å²) in [5, 5.41) is 0. The molecule has 1 fully saturated rings. The minimum Gasteiger partial charge on any atom is -0.317 e. The molecule has 1 aliphatic rings. The zero-order chi connectivity index (χ0) is 12.0. The molecule has 0 heterocycles. The van der Waals surface area contributed by atoms with Crippen molar-refractivity contribution < 1.29 is 13.6 Å². The number of nitrogens with two attached hydrogens (primary N) is 1. The maximum Gasteiger partial charge on any atom is 0.347 e. The second-order valence-electron chi connectivity index (χ2n) is 4.26. The van der Waals surface area contributed by atoms with Crippen molar-refractivity contribution in [1.29, 1.82) is 0 Å². The summed E-state index contributed by atoms with van der Waals surface area (Å²) < 4.78 is 23.0. The molecular formula is C11H24NO3P. The summed E-state index contributed by atoms with van der Waals surface area (Å²) in [4.78, 5) is 0. The van der Waals surface area contributed by atoms with Crippen LogP contribution in [0.5, 0.6) is 0 Å². The molecule has 2 N–H and O–H groups in total. The van der Waals surface area contributed by atoms with Gasteiger partial charge in [0.2, 0.25) is 0 Å². The summed E-state index contributed by atoms with van der Waals surface area (Å²) in [5.41, 5.74) is 6.09. The van der Waals surface area contributed by atoms with Gasteiger partial charge in [0.15, 0.2) is 0 Å². The van der Waals surface area contributed by atoms with E-state index in [0.29, 0.717) is 13.2 Å². The first-order valence-corrected chi connectivity index (χ1v) is 7.89. The average molecular weight is 249 g/mol. The van der Waals surface area contributed by atoms with Crippen LogP contribution in [-0.2, 0) is 13.6 Å². The van der Waals surface area contributed by atoms with Crippen molar-refractivity contribution in [3.8, 4) is 0 Å². The van der Waals surface area contributed by atoms with Gasteiger partial charge in [-0.2, -0.15) is 0 Å². The Labute approximate surface area is 98.4 Å². The molecule has 96 valence electrons. The fourth-order valence-corrected chi connectivity index (χ4v) is 4.26. The highest BCUT2D eigenvalue weighted by Crippen LogP contribution is 2.55. The predicted octanol–water partition coefficient (Wildman–Crippen LogP) is 3.12. The first-order valence-electron chi connectivity index (χ1n) is 6.28. The van der Waals surface area contributed by atoms with E-state index >= 15 is 0 Å². The SMILES string of the molecule is CCOP(=O)(OCC)[C@@H](N)C1CCCCC1. The fourth-order valence-electron chi connectivity index (χ4n) is 2.30. The quantitative estimate of drug-likeness (QED) is 0.735. The topological polar surface area (TPSA) is 61.5 Å². The van der Waals surface area contributed by atoms with Gasteiger partial charge in [-0.15, -0.1) is 0 Å². The van der Waals surface area contributed by atoms with Crippen LogP contribution in [0.2, 0.25) is 0 Å². The largest absolute Gasteiger partial charge is 0.347 e. The van der Waals surface area contributed by atoms with Crippen molar-refractivity contribution >= 4 is 7.60 Å². The van der Waals surface area contributed by atoms with Gasteiger partial charge in [0, 0.05) is 0 Å². The highest BCUT2D eigenvalue weighted by Gasteiger charge is 2.38. The smallest absolute Gasteiger partial charge is 0.317 e. The van der Waals surface area contributed by atoms with E-state index in [-0.39, 0.29) is 5.92 Å². The van der Waals surface area contributed by atoms with E-state index in [4.69, 9.17) is 14.8 Å². The Bertz CT molecular complexity index is 231. The highest BCUT2D eigenvalue weighted by atomic mass is 31.2. The van der Waals surface area contributed by atoms with Crippen LogP contribution >= 0.6 is 7.60 Å². The lowest BCUT2D eigenvalue weighted by Crippen LogP contribution is -2.33.